The van der Waals surface area contributed by atoms with Crippen molar-refractivity contribution >= 4 is 0 Å². The highest BCUT2D eigenvalue weighted by molar-refractivity contribution is 5.65. The number of pyridine rings is 1. The Bertz CT molecular complexity index is 914. The average Bonchev–Trinajstić information content (AvgIpc) is 3.03. The van der Waals surface area contributed by atoms with Crippen molar-refractivity contribution in [2.75, 3.05) is 0 Å². The number of hydrogen-bond donors (Lipinski definition) is 1. The van der Waals surface area contributed by atoms with Crippen molar-refractivity contribution in [1.82, 2.24) is 20.4 Å². The van der Waals surface area contributed by atoms with Crippen LogP contribution in [0.25, 0.3) is 11.3 Å². The monoisotopic (exact) mass is 331 g/mol. The van der Waals surface area contributed by atoms with Gasteiger partial charge in [0.2, 0.25) is 5.88 Å². The molecule has 0 spiro atoms. The minimum atomic E-state index is -4.58. The molecule has 0 atom stereocenters. The van der Waals surface area contributed by atoms with Gasteiger partial charge in [-0.1, -0.05) is 17.3 Å². The van der Waals surface area contributed by atoms with Crippen LogP contribution < -0.4 is 4.74 Å². The Labute approximate surface area is 133 Å². The highest BCUT2D eigenvalue weighted by Crippen LogP contribution is 2.37. The predicted octanol–water partition coefficient (Wildman–Crippen LogP) is 3.55. The molecule has 0 bridgehead atoms. The number of nitriles is 1. The molecule has 6 nitrogen and oxygen atoms in total. The van der Waals surface area contributed by atoms with E-state index in [2.05, 4.69) is 20.4 Å². The largest absolute Gasteiger partial charge is 0.438 e. The Hall–Kier alpha value is -3.41. The normalized spacial score (nSPS) is 11.1. The molecule has 1 N–H and O–H groups in total. The molecule has 3 rings (SSSR count). The van der Waals surface area contributed by atoms with E-state index in [0.29, 0.717) is 5.56 Å². The van der Waals surface area contributed by atoms with Crippen LogP contribution in [0.15, 0.2) is 42.6 Å². The van der Waals surface area contributed by atoms with Gasteiger partial charge in [0, 0.05) is 11.8 Å². The van der Waals surface area contributed by atoms with Gasteiger partial charge in [-0.2, -0.15) is 18.4 Å². The highest BCUT2D eigenvalue weighted by Gasteiger charge is 2.35. The Morgan fingerprint density at radius 2 is 2.00 bits per heavy atom. The van der Waals surface area contributed by atoms with Crippen LogP contribution in [0.4, 0.5) is 13.2 Å². The molecule has 24 heavy (non-hydrogen) atoms. The summed E-state index contributed by atoms with van der Waals surface area (Å²) >= 11 is 0. The smallest absolute Gasteiger partial charge is 0.421 e. The van der Waals surface area contributed by atoms with Crippen LogP contribution in [0.2, 0.25) is 0 Å². The van der Waals surface area contributed by atoms with Gasteiger partial charge in [-0.15, -0.1) is 5.10 Å². The maximum atomic E-state index is 13.0. The lowest BCUT2D eigenvalue weighted by Crippen LogP contribution is -2.08. The zero-order valence-corrected chi connectivity index (χ0v) is 11.9. The SMILES string of the molecule is N#Cc1[nH]nnc1-c1cccc(Oc2ncccc2C(F)(F)F)c1. The Kier molecular flexibility index (Phi) is 3.87. The first-order valence-electron chi connectivity index (χ1n) is 6.60. The second kappa shape index (κ2) is 6.00. The number of ether oxygens (including phenoxy) is 1. The Balaban J connectivity index is 1.96. The minimum absolute atomic E-state index is 0.128. The van der Waals surface area contributed by atoms with Gasteiger partial charge in [0.1, 0.15) is 23.1 Å². The van der Waals surface area contributed by atoms with Crippen molar-refractivity contribution in [3.05, 3.63) is 53.9 Å². The highest BCUT2D eigenvalue weighted by atomic mass is 19.4. The van der Waals surface area contributed by atoms with Gasteiger partial charge in [-0.3, -0.25) is 0 Å². The van der Waals surface area contributed by atoms with Crippen LogP contribution in [-0.2, 0) is 6.18 Å². The number of aromatic amines is 1. The van der Waals surface area contributed by atoms with E-state index < -0.39 is 17.6 Å². The fourth-order valence-electron chi connectivity index (χ4n) is 2.01. The van der Waals surface area contributed by atoms with Crippen LogP contribution >= 0.6 is 0 Å². The molecule has 2 aromatic heterocycles. The van der Waals surface area contributed by atoms with Gasteiger partial charge in [-0.25, -0.2) is 10.1 Å². The summed E-state index contributed by atoms with van der Waals surface area (Å²) in [4.78, 5) is 3.64. The number of halogens is 3. The van der Waals surface area contributed by atoms with Crippen LogP contribution in [-0.4, -0.2) is 20.4 Å². The molecule has 0 saturated heterocycles. The zero-order valence-electron chi connectivity index (χ0n) is 11.9. The molecule has 3 aromatic rings. The number of H-pyrrole nitrogens is 1. The summed E-state index contributed by atoms with van der Waals surface area (Å²) < 4.78 is 44.2. The van der Waals surface area contributed by atoms with Gasteiger partial charge in [-0.05, 0) is 24.3 Å². The summed E-state index contributed by atoms with van der Waals surface area (Å²) in [5.41, 5.74) is -0.0853. The van der Waals surface area contributed by atoms with Crippen LogP contribution in [0.5, 0.6) is 11.6 Å². The molecule has 0 aliphatic carbocycles. The first-order chi connectivity index (χ1) is 11.5. The van der Waals surface area contributed by atoms with E-state index in [0.717, 1.165) is 6.07 Å². The Morgan fingerprint density at radius 3 is 2.75 bits per heavy atom. The summed E-state index contributed by atoms with van der Waals surface area (Å²) in [5.74, 6) is -0.425. The van der Waals surface area contributed by atoms with E-state index in [-0.39, 0.29) is 17.1 Å². The summed E-state index contributed by atoms with van der Waals surface area (Å²) in [7, 11) is 0. The first kappa shape index (κ1) is 15.5. The van der Waals surface area contributed by atoms with E-state index in [9.17, 15) is 13.2 Å². The van der Waals surface area contributed by atoms with Gasteiger partial charge in [0.15, 0.2) is 5.69 Å². The molecule has 1 aromatic carbocycles. The van der Waals surface area contributed by atoms with Gasteiger partial charge in [0.25, 0.3) is 0 Å². The molecule has 0 aliphatic rings. The van der Waals surface area contributed by atoms with Crippen molar-refractivity contribution in [2.45, 2.75) is 6.18 Å². The summed E-state index contributed by atoms with van der Waals surface area (Å²) in [6.07, 6.45) is -3.37. The first-order valence-corrected chi connectivity index (χ1v) is 6.60. The average molecular weight is 331 g/mol. The maximum absolute atomic E-state index is 13.0. The van der Waals surface area contributed by atoms with Gasteiger partial charge < -0.3 is 4.74 Å². The second-order valence-corrected chi connectivity index (χ2v) is 4.63. The molecule has 120 valence electrons. The third-order valence-electron chi connectivity index (χ3n) is 3.06. The number of aromatic nitrogens is 4. The summed E-state index contributed by atoms with van der Waals surface area (Å²) in [5, 5.41) is 18.7. The van der Waals surface area contributed by atoms with Gasteiger partial charge in [0.05, 0.1) is 0 Å². The minimum Gasteiger partial charge on any atom is -0.438 e. The molecule has 2 heterocycles. The quantitative estimate of drug-likeness (QED) is 0.793. The van der Waals surface area contributed by atoms with Crippen LogP contribution in [0, 0.1) is 11.3 Å². The van der Waals surface area contributed by atoms with Crippen LogP contribution in [0.1, 0.15) is 11.3 Å². The van der Waals surface area contributed by atoms with Crippen LogP contribution in [0.3, 0.4) is 0 Å². The zero-order chi connectivity index (χ0) is 17.2. The van der Waals surface area contributed by atoms with E-state index in [1.807, 2.05) is 6.07 Å². The van der Waals surface area contributed by atoms with Crippen molar-refractivity contribution in [2.24, 2.45) is 0 Å². The number of hydrogen-bond acceptors (Lipinski definition) is 5. The van der Waals surface area contributed by atoms with Crippen molar-refractivity contribution in [3.63, 3.8) is 0 Å². The molecular formula is C15H8F3N5O. The number of nitrogens with zero attached hydrogens (tertiary/aromatic N) is 4. The Morgan fingerprint density at radius 1 is 1.17 bits per heavy atom. The molecule has 0 fully saturated rings. The standard InChI is InChI=1S/C15H8F3N5O/c16-15(17,18)11-5-2-6-20-14(11)24-10-4-1-3-9(7-10)13-12(8-19)21-23-22-13/h1-7H,(H,21,22,23). The van der Waals surface area contributed by atoms with Crippen molar-refractivity contribution in [1.29, 1.82) is 5.26 Å². The third-order valence-corrected chi connectivity index (χ3v) is 3.06. The van der Waals surface area contributed by atoms with E-state index in [1.165, 1.54) is 24.4 Å². The lowest BCUT2D eigenvalue weighted by Gasteiger charge is -2.12. The number of benzene rings is 1. The van der Waals surface area contributed by atoms with E-state index >= 15 is 0 Å². The van der Waals surface area contributed by atoms with Crippen molar-refractivity contribution in [3.8, 4) is 29.0 Å². The second-order valence-electron chi connectivity index (χ2n) is 4.63. The number of rotatable bonds is 3. The van der Waals surface area contributed by atoms with Gasteiger partial charge >= 0.3 is 6.18 Å². The topological polar surface area (TPSA) is 87.5 Å². The fourth-order valence-corrected chi connectivity index (χ4v) is 2.01. The molecular weight excluding hydrogens is 323 g/mol. The molecule has 0 unspecified atom stereocenters. The molecule has 0 aliphatic heterocycles. The summed E-state index contributed by atoms with van der Waals surface area (Å²) in [6, 6.07) is 10.1. The molecule has 0 saturated carbocycles. The number of nitrogens with one attached hydrogen (secondary N) is 1. The van der Waals surface area contributed by atoms with E-state index in [1.54, 1.807) is 12.1 Å². The molecule has 0 radical (unpaired) electrons. The maximum Gasteiger partial charge on any atom is 0.421 e. The lowest BCUT2D eigenvalue weighted by atomic mass is 10.1. The molecule has 0 amide bonds. The third kappa shape index (κ3) is 3.03. The predicted molar refractivity (Wildman–Crippen MR) is 75.8 cm³/mol. The fraction of sp³-hybridized carbons (Fsp3) is 0.0667. The van der Waals surface area contributed by atoms with E-state index in [4.69, 9.17) is 10.00 Å². The summed E-state index contributed by atoms with van der Waals surface area (Å²) in [6.45, 7) is 0. The van der Waals surface area contributed by atoms with Crippen molar-refractivity contribution < 1.29 is 17.9 Å². The molecule has 9 heteroatoms. The lowest BCUT2D eigenvalue weighted by molar-refractivity contribution is -0.138. The number of alkyl halides is 3.